The first kappa shape index (κ1) is 86.0. The highest BCUT2D eigenvalue weighted by Crippen LogP contribution is 2.40. The molecule has 26 nitrogen and oxygen atoms in total. The van der Waals surface area contributed by atoms with E-state index in [1.54, 1.807) is 13.8 Å². The first-order chi connectivity index (χ1) is 51.2. The molecule has 1 spiro atoms. The van der Waals surface area contributed by atoms with Gasteiger partial charge in [-0.05, 0) is 130 Å². The van der Waals surface area contributed by atoms with Gasteiger partial charge >= 0.3 is 12.4 Å². The number of nitrogens with one attached hydrogen (secondary N) is 3. The van der Waals surface area contributed by atoms with Gasteiger partial charge in [0, 0.05) is 82.0 Å². The molecule has 0 aromatic heterocycles. The average Bonchev–Trinajstić information content (AvgIpc) is 1.74. The van der Waals surface area contributed by atoms with Gasteiger partial charge in [-0.25, -0.2) is 8.78 Å². The summed E-state index contributed by atoms with van der Waals surface area (Å²) in [7, 11) is 9.14. The third-order valence-electron chi connectivity index (χ3n) is 22.6. The van der Waals surface area contributed by atoms with Crippen LogP contribution in [-0.2, 0) is 92.2 Å². The number of halogens is 8. The van der Waals surface area contributed by atoms with Crippen molar-refractivity contribution in [1.29, 1.82) is 0 Å². The van der Waals surface area contributed by atoms with E-state index in [4.69, 9.17) is 9.47 Å². The summed E-state index contributed by atoms with van der Waals surface area (Å²) >= 11 is 0. The van der Waals surface area contributed by atoms with Gasteiger partial charge in [-0.3, -0.25) is 57.5 Å². The number of methoxy groups -OCH3 is 1. The minimum absolute atomic E-state index is 0.0155. The molecule has 2 bridgehead atoms. The highest BCUT2D eigenvalue weighted by Gasteiger charge is 2.55. The topological polar surface area (TPSA) is 289 Å². The van der Waals surface area contributed by atoms with Crippen molar-refractivity contribution in [3.05, 3.63) is 70.3 Å². The van der Waals surface area contributed by atoms with Crippen molar-refractivity contribution in [3.63, 3.8) is 0 Å². The predicted molar refractivity (Wildman–Crippen MR) is 378 cm³/mol. The zero-order chi connectivity index (χ0) is 80.5. The van der Waals surface area contributed by atoms with Crippen LogP contribution in [0.1, 0.15) is 146 Å². The second-order valence-corrected chi connectivity index (χ2v) is 30.4. The maximum absolute atomic E-state index is 15.7. The Balaban J connectivity index is 1.22. The Bertz CT molecular complexity index is 3640. The van der Waals surface area contributed by atoms with Crippen LogP contribution in [0, 0.1) is 29.4 Å². The zero-order valence-corrected chi connectivity index (χ0v) is 63.8. The number of morpholine rings is 1. The fourth-order valence-corrected chi connectivity index (χ4v) is 15.8. The Morgan fingerprint density at radius 2 is 1.24 bits per heavy atom. The van der Waals surface area contributed by atoms with Crippen molar-refractivity contribution in [1.82, 2.24) is 60.0 Å². The van der Waals surface area contributed by atoms with E-state index < -0.39 is 222 Å². The lowest BCUT2D eigenvalue weighted by atomic mass is 9.74. The van der Waals surface area contributed by atoms with E-state index in [2.05, 4.69) is 16.0 Å². The largest absolute Gasteiger partial charge is 0.422 e. The quantitative estimate of drug-likeness (QED) is 0.237. The molecule has 4 saturated heterocycles. The normalized spacial score (nSPS) is 26.6. The van der Waals surface area contributed by atoms with Crippen molar-refractivity contribution in [2.75, 3.05) is 102 Å². The standard InChI is InChI=1S/C75H104F8N12O14/c1-12-44(4)61-70(105)88(6)42-59(98)89(7)52-20-15-16-30-94(69(52)104)55(39-45-21-24-48(25-22-45)74(78,79)80)67(102)87(5)41-57(96)84-51(26-23-46-37-49(76)60(50(77)38-46)75(81,82)83)66(101)95-31-27-56(108-11)63(95)65(100)86-73(28-17-29-73)72(107)92(10)62(47-18-13-14-19-47)71(106)91(9)54(68(103)93-32-34-109-35-33-93)40-58(97)90(8)53(36-43(2)3)64(99)85-61/h21-22,24-25,37-38,43-44,47,51-56,61-63H,12-20,23,26-36,39-42H2,1-11H3,(H,84,96)(H,85,99)(H,86,100)/t44-,51-,52-,53-,54-,55-,56+,61-,62-,63?/m0/s1. The van der Waals surface area contributed by atoms with E-state index >= 15 is 47.1 Å². The molecule has 0 radical (unpaired) electrons. The maximum atomic E-state index is 15.7. The third kappa shape index (κ3) is 20.2. The Morgan fingerprint density at radius 1 is 0.624 bits per heavy atom. The van der Waals surface area contributed by atoms with Crippen molar-refractivity contribution in [2.24, 2.45) is 17.8 Å². The van der Waals surface area contributed by atoms with Crippen LogP contribution in [0.5, 0.6) is 0 Å². The third-order valence-corrected chi connectivity index (χ3v) is 22.6. The fraction of sp³-hybridized carbons (Fsp3) is 0.680. The molecule has 4 heterocycles. The monoisotopic (exact) mass is 1550 g/mol. The molecule has 604 valence electrons. The molecule has 1 unspecified atom stereocenters. The van der Waals surface area contributed by atoms with E-state index in [1.807, 2.05) is 13.8 Å². The first-order valence-corrected chi connectivity index (χ1v) is 37.4. The summed E-state index contributed by atoms with van der Waals surface area (Å²) in [5, 5.41) is 8.27. The number of rotatable bonds is 12. The van der Waals surface area contributed by atoms with Gasteiger partial charge in [-0.1, -0.05) is 59.1 Å². The molecule has 6 fully saturated rings. The average molecular weight is 1550 g/mol. The minimum atomic E-state index is -5.46. The number of alkyl halides is 6. The van der Waals surface area contributed by atoms with Crippen molar-refractivity contribution < 1.29 is 102 Å². The number of nitrogens with zero attached hydrogens (tertiary/aromatic N) is 9. The Labute approximate surface area is 629 Å². The summed E-state index contributed by atoms with van der Waals surface area (Å²) in [6, 6.07) is -7.28. The summed E-state index contributed by atoms with van der Waals surface area (Å²) < 4.78 is 125. The van der Waals surface area contributed by atoms with Gasteiger partial charge < -0.3 is 69.5 Å². The number of amides is 12. The molecule has 12 amide bonds. The van der Waals surface area contributed by atoms with Crippen LogP contribution >= 0.6 is 0 Å². The van der Waals surface area contributed by atoms with Crippen molar-refractivity contribution >= 4 is 70.9 Å². The van der Waals surface area contributed by atoms with E-state index in [1.165, 1.54) is 52.1 Å². The van der Waals surface area contributed by atoms with Gasteiger partial charge in [0.15, 0.2) is 0 Å². The number of hydrogen-bond acceptors (Lipinski definition) is 14. The number of likely N-dealkylation sites (N-methyl/N-ethyl adjacent to an activating group) is 6. The molecule has 109 heavy (non-hydrogen) atoms. The number of carbonyl (C=O) groups is 12. The summed E-state index contributed by atoms with van der Waals surface area (Å²) in [6.45, 7) is 5.51. The summed E-state index contributed by atoms with van der Waals surface area (Å²) in [4.78, 5) is 192. The molecule has 8 rings (SSSR count). The van der Waals surface area contributed by atoms with Crippen LogP contribution in [0.4, 0.5) is 35.1 Å². The molecule has 4 aliphatic heterocycles. The van der Waals surface area contributed by atoms with E-state index in [0.29, 0.717) is 50.7 Å². The zero-order valence-electron chi connectivity index (χ0n) is 63.8. The molecule has 2 aromatic rings. The van der Waals surface area contributed by atoms with Gasteiger partial charge in [0.1, 0.15) is 71.1 Å². The van der Waals surface area contributed by atoms with Crippen LogP contribution in [-0.4, -0.2) is 277 Å². The maximum Gasteiger partial charge on any atom is 0.422 e. The van der Waals surface area contributed by atoms with Crippen LogP contribution in [0.15, 0.2) is 36.4 Å². The molecule has 6 aliphatic rings. The van der Waals surface area contributed by atoms with Gasteiger partial charge in [-0.15, -0.1) is 0 Å². The summed E-state index contributed by atoms with van der Waals surface area (Å²) in [5.41, 5.74) is -5.25. The van der Waals surface area contributed by atoms with Crippen LogP contribution in [0.2, 0.25) is 0 Å². The SMILES string of the molecule is CC[C@H](C)[C@@H]1NC(=O)[C@H](CC(C)C)N(C)C(=O)C[C@@H](C(=O)N2CCOCC2)N(C)C(=O)[C@H](C2CCCC2)N(C)C(=O)C2(CCC2)NC(=O)C2[C@H](OC)CCN2C(=O)[C@H](CCc2cc(F)c(C(F)(F)F)c(F)c2)NC(=O)CN(C)C(=O)[C@H](Cc2ccc(C(F)(F)F)cc2)N2CCCC[C@@H](C2=O)N(C)C(=O)CN(C)C1=O. The molecule has 2 saturated carbocycles. The lowest BCUT2D eigenvalue weighted by Gasteiger charge is -2.47. The molecular weight excluding hydrogens is 1440 g/mol. The molecule has 34 heteroatoms. The number of aryl methyl sites for hydroxylation is 1. The number of ether oxygens (including phenoxy) is 2. The Hall–Kier alpha value is -8.56. The van der Waals surface area contributed by atoms with E-state index in [0.717, 1.165) is 65.6 Å². The smallest absolute Gasteiger partial charge is 0.379 e. The van der Waals surface area contributed by atoms with Crippen molar-refractivity contribution in [3.8, 4) is 0 Å². The summed E-state index contributed by atoms with van der Waals surface area (Å²) in [5.74, 6) is -15.3. The van der Waals surface area contributed by atoms with E-state index in [9.17, 15) is 45.5 Å². The second-order valence-electron chi connectivity index (χ2n) is 30.4. The molecule has 3 N–H and O–H groups in total. The van der Waals surface area contributed by atoms with Crippen LogP contribution < -0.4 is 16.0 Å². The van der Waals surface area contributed by atoms with Gasteiger partial charge in [0.05, 0.1) is 44.4 Å². The van der Waals surface area contributed by atoms with Gasteiger partial charge in [-0.2, -0.15) is 26.3 Å². The number of benzene rings is 2. The second kappa shape index (κ2) is 36.5. The molecule has 2 aromatic carbocycles. The predicted octanol–water partition coefficient (Wildman–Crippen LogP) is 4.95. The highest BCUT2D eigenvalue weighted by atomic mass is 19.4. The van der Waals surface area contributed by atoms with Gasteiger partial charge in [0.25, 0.3) is 0 Å². The summed E-state index contributed by atoms with van der Waals surface area (Å²) in [6.07, 6.45) is -10.2. The molecule has 2 aliphatic carbocycles. The number of carbonyl (C=O) groups excluding carboxylic acids is 12. The van der Waals surface area contributed by atoms with Crippen molar-refractivity contribution in [2.45, 2.75) is 209 Å². The van der Waals surface area contributed by atoms with E-state index in [-0.39, 0.29) is 95.8 Å². The van der Waals surface area contributed by atoms with Crippen LogP contribution in [0.3, 0.4) is 0 Å². The fourth-order valence-electron chi connectivity index (χ4n) is 15.8. The Morgan fingerprint density at radius 3 is 1.81 bits per heavy atom. The van der Waals surface area contributed by atoms with Gasteiger partial charge in [0.2, 0.25) is 70.9 Å². The highest BCUT2D eigenvalue weighted by molar-refractivity contribution is 6.01. The van der Waals surface area contributed by atoms with Crippen LogP contribution in [0.25, 0.3) is 0 Å². The lowest BCUT2D eigenvalue weighted by Crippen LogP contribution is -2.69. The molecular formula is C75H104F8N12O14. The Kier molecular flexibility index (Phi) is 28.8. The minimum Gasteiger partial charge on any atom is -0.379 e. The first-order valence-electron chi connectivity index (χ1n) is 37.4. The molecule has 10 atom stereocenters. The number of hydrogen-bond donors (Lipinski definition) is 3. The number of fused-ring (bicyclic) bond motifs is 3. The lowest BCUT2D eigenvalue weighted by molar-refractivity contribution is -0.159.